The molecule has 0 spiro atoms. The molecule has 1 aliphatic carbocycles. The zero-order valence-corrected chi connectivity index (χ0v) is 21.4. The first kappa shape index (κ1) is 25.7. The molecular weight excluding hydrogens is 466 g/mol. The molecule has 1 aliphatic rings. The van der Waals surface area contributed by atoms with Crippen LogP contribution in [0, 0.1) is 18.3 Å². The predicted molar refractivity (Wildman–Crippen MR) is 145 cm³/mol. The summed E-state index contributed by atoms with van der Waals surface area (Å²) in [5.41, 5.74) is 4.59. The summed E-state index contributed by atoms with van der Waals surface area (Å²) < 4.78 is 0. The van der Waals surface area contributed by atoms with Crippen molar-refractivity contribution in [1.82, 2.24) is 20.3 Å². The Kier molecular flexibility index (Phi) is 7.42. The molecule has 0 aliphatic heterocycles. The fourth-order valence-corrected chi connectivity index (χ4v) is 3.57. The lowest BCUT2D eigenvalue weighted by molar-refractivity contribution is -0.117. The molecule has 4 N–H and O–H groups in total. The minimum atomic E-state index is -0.404. The van der Waals surface area contributed by atoms with Crippen LogP contribution >= 0.6 is 0 Å². The summed E-state index contributed by atoms with van der Waals surface area (Å²) in [5.74, 6) is 0.157. The van der Waals surface area contributed by atoms with Crippen LogP contribution in [-0.2, 0) is 9.59 Å². The molecule has 190 valence electrons. The molecule has 9 nitrogen and oxygen atoms in total. The van der Waals surface area contributed by atoms with Gasteiger partial charge in [0, 0.05) is 46.8 Å². The second-order valence-electron chi connectivity index (χ2n) is 10.1. The number of aromatic nitrogens is 3. The number of rotatable bonds is 8. The number of nitrogens with one attached hydrogen (secondary N) is 4. The van der Waals surface area contributed by atoms with Gasteiger partial charge in [0.1, 0.15) is 12.1 Å². The fraction of sp³-hybridized carbons (Fsp3) is 0.286. The Bertz CT molecular complexity index is 1370. The van der Waals surface area contributed by atoms with E-state index in [-0.39, 0.29) is 22.9 Å². The van der Waals surface area contributed by atoms with Crippen molar-refractivity contribution < 1.29 is 9.59 Å². The van der Waals surface area contributed by atoms with Crippen LogP contribution in [0.4, 0.5) is 11.5 Å². The van der Waals surface area contributed by atoms with E-state index in [1.807, 2.05) is 58.0 Å². The number of amides is 2. The van der Waals surface area contributed by atoms with Crippen molar-refractivity contribution >= 4 is 29.5 Å². The smallest absolute Gasteiger partial charge is 0.258 e. The van der Waals surface area contributed by atoms with E-state index in [9.17, 15) is 9.59 Å². The molecule has 0 bridgehead atoms. The highest BCUT2D eigenvalue weighted by Crippen LogP contribution is 2.31. The van der Waals surface area contributed by atoms with E-state index >= 15 is 0 Å². The lowest BCUT2D eigenvalue weighted by Gasteiger charge is -2.19. The predicted octanol–water partition coefficient (Wildman–Crippen LogP) is 4.72. The summed E-state index contributed by atoms with van der Waals surface area (Å²) in [5, 5.41) is 16.4. The average Bonchev–Trinajstić information content (AvgIpc) is 3.71. The molecule has 2 aromatic heterocycles. The lowest BCUT2D eigenvalue weighted by Crippen LogP contribution is -2.32. The van der Waals surface area contributed by atoms with Crippen molar-refractivity contribution in [3.05, 3.63) is 66.4 Å². The van der Waals surface area contributed by atoms with Crippen LogP contribution in [0.3, 0.4) is 0 Å². The Hall–Kier alpha value is -4.40. The third-order valence-corrected chi connectivity index (χ3v) is 5.76. The van der Waals surface area contributed by atoms with Crippen molar-refractivity contribution in [3.63, 3.8) is 0 Å². The standard InChI is InChI=1S/C28H31N7O2/c1-17-23(11-22(15-30-17)34-27(37)21(13-29)14-33-28(2,3)4)19-6-5-7-20(10-19)24-12-25(32-16-31-24)35-26(36)18-8-9-18/h5-7,10-16,18,29,33H,8-9H2,1-4H3,(H,34,37)(H,31,32,35,36)/b21-14+,29-13?. The van der Waals surface area contributed by atoms with E-state index < -0.39 is 5.91 Å². The van der Waals surface area contributed by atoms with Gasteiger partial charge in [0.25, 0.3) is 5.91 Å². The number of nitrogens with zero attached hydrogens (tertiary/aromatic N) is 3. The number of anilines is 2. The minimum Gasteiger partial charge on any atom is -0.386 e. The van der Waals surface area contributed by atoms with Crippen molar-refractivity contribution in [2.24, 2.45) is 5.92 Å². The lowest BCUT2D eigenvalue weighted by atomic mass is 10.00. The van der Waals surface area contributed by atoms with Gasteiger partial charge in [0.2, 0.25) is 5.91 Å². The summed E-state index contributed by atoms with van der Waals surface area (Å²) in [6.07, 6.45) is 7.44. The third-order valence-electron chi connectivity index (χ3n) is 5.76. The monoisotopic (exact) mass is 497 g/mol. The number of hydrogen-bond donors (Lipinski definition) is 4. The number of carbonyl (C=O) groups is 2. The molecule has 0 radical (unpaired) electrons. The molecule has 0 atom stereocenters. The Morgan fingerprint density at radius 3 is 2.49 bits per heavy atom. The number of hydrogen-bond acceptors (Lipinski definition) is 7. The first-order valence-electron chi connectivity index (χ1n) is 12.1. The second kappa shape index (κ2) is 10.7. The topological polar surface area (TPSA) is 133 Å². The summed E-state index contributed by atoms with van der Waals surface area (Å²) in [6, 6.07) is 11.4. The maximum absolute atomic E-state index is 12.7. The van der Waals surface area contributed by atoms with E-state index in [4.69, 9.17) is 5.41 Å². The van der Waals surface area contributed by atoms with Crippen LogP contribution in [0.5, 0.6) is 0 Å². The quantitative estimate of drug-likeness (QED) is 0.263. The summed E-state index contributed by atoms with van der Waals surface area (Å²) in [7, 11) is 0. The largest absolute Gasteiger partial charge is 0.386 e. The van der Waals surface area contributed by atoms with Gasteiger partial charge in [0.05, 0.1) is 23.2 Å². The van der Waals surface area contributed by atoms with Gasteiger partial charge in [0.15, 0.2) is 0 Å². The zero-order chi connectivity index (χ0) is 26.6. The Morgan fingerprint density at radius 2 is 1.78 bits per heavy atom. The summed E-state index contributed by atoms with van der Waals surface area (Å²) in [4.78, 5) is 37.9. The zero-order valence-electron chi connectivity index (χ0n) is 21.4. The van der Waals surface area contributed by atoms with Crippen LogP contribution in [0.25, 0.3) is 22.4 Å². The van der Waals surface area contributed by atoms with Gasteiger partial charge in [-0.1, -0.05) is 18.2 Å². The third kappa shape index (κ3) is 6.84. The molecule has 2 heterocycles. The molecule has 0 saturated heterocycles. The maximum Gasteiger partial charge on any atom is 0.258 e. The van der Waals surface area contributed by atoms with E-state index in [1.54, 1.807) is 12.3 Å². The van der Waals surface area contributed by atoms with E-state index in [0.717, 1.165) is 41.4 Å². The van der Waals surface area contributed by atoms with Crippen LogP contribution < -0.4 is 16.0 Å². The highest BCUT2D eigenvalue weighted by molar-refractivity contribution is 6.17. The average molecular weight is 498 g/mol. The number of aryl methyl sites for hydroxylation is 1. The second-order valence-corrected chi connectivity index (χ2v) is 10.1. The van der Waals surface area contributed by atoms with Crippen LogP contribution in [0.15, 0.2) is 60.7 Å². The number of carbonyl (C=O) groups excluding carboxylic acids is 2. The Labute approximate surface area is 216 Å². The normalized spacial score (nSPS) is 13.6. The van der Waals surface area contributed by atoms with Crippen molar-refractivity contribution in [3.8, 4) is 22.4 Å². The van der Waals surface area contributed by atoms with Gasteiger partial charge in [-0.3, -0.25) is 14.6 Å². The molecule has 1 fully saturated rings. The Morgan fingerprint density at radius 1 is 1.03 bits per heavy atom. The first-order chi connectivity index (χ1) is 17.6. The molecule has 9 heteroatoms. The van der Waals surface area contributed by atoms with Crippen molar-refractivity contribution in [2.45, 2.75) is 46.1 Å². The van der Waals surface area contributed by atoms with Gasteiger partial charge in [-0.05, 0) is 58.2 Å². The van der Waals surface area contributed by atoms with Crippen molar-refractivity contribution in [2.75, 3.05) is 10.6 Å². The highest BCUT2D eigenvalue weighted by atomic mass is 16.2. The molecule has 1 aromatic carbocycles. The van der Waals surface area contributed by atoms with Gasteiger partial charge in [-0.25, -0.2) is 9.97 Å². The SMILES string of the molecule is Cc1ncc(NC(=O)/C(C=N)=C/NC(C)(C)C)cc1-c1cccc(-c2cc(NC(=O)C3CC3)ncn2)c1. The van der Waals surface area contributed by atoms with Crippen LogP contribution in [-0.4, -0.2) is 38.5 Å². The van der Waals surface area contributed by atoms with E-state index in [2.05, 4.69) is 30.9 Å². The molecule has 3 aromatic rings. The molecular formula is C28H31N7O2. The van der Waals surface area contributed by atoms with Crippen LogP contribution in [0.2, 0.25) is 0 Å². The van der Waals surface area contributed by atoms with E-state index in [1.165, 1.54) is 12.5 Å². The maximum atomic E-state index is 12.7. The Balaban J connectivity index is 1.56. The molecule has 1 saturated carbocycles. The van der Waals surface area contributed by atoms with Crippen molar-refractivity contribution in [1.29, 1.82) is 5.41 Å². The van der Waals surface area contributed by atoms with Crippen LogP contribution in [0.1, 0.15) is 39.3 Å². The van der Waals surface area contributed by atoms with Gasteiger partial charge in [-0.2, -0.15) is 0 Å². The number of pyridine rings is 1. The summed E-state index contributed by atoms with van der Waals surface area (Å²) in [6.45, 7) is 7.82. The summed E-state index contributed by atoms with van der Waals surface area (Å²) >= 11 is 0. The molecule has 37 heavy (non-hydrogen) atoms. The molecule has 0 unspecified atom stereocenters. The highest BCUT2D eigenvalue weighted by Gasteiger charge is 2.29. The fourth-order valence-electron chi connectivity index (χ4n) is 3.57. The number of benzene rings is 1. The van der Waals surface area contributed by atoms with Gasteiger partial charge < -0.3 is 21.4 Å². The molecule has 4 rings (SSSR count). The van der Waals surface area contributed by atoms with E-state index in [0.29, 0.717) is 17.2 Å². The molecule has 2 amide bonds. The first-order valence-corrected chi connectivity index (χ1v) is 12.1. The minimum absolute atomic E-state index is 0.00540. The van der Waals surface area contributed by atoms with Gasteiger partial charge >= 0.3 is 0 Å². The van der Waals surface area contributed by atoms with Gasteiger partial charge in [-0.15, -0.1) is 0 Å².